The van der Waals surface area contributed by atoms with Gasteiger partial charge in [-0.2, -0.15) is 0 Å². The van der Waals surface area contributed by atoms with E-state index in [0.717, 1.165) is 37.8 Å². The van der Waals surface area contributed by atoms with E-state index < -0.39 is 0 Å². The van der Waals surface area contributed by atoms with Crippen LogP contribution >= 0.6 is 0 Å². The van der Waals surface area contributed by atoms with Gasteiger partial charge in [-0.05, 0) is 37.1 Å². The number of rotatable bonds is 7. The van der Waals surface area contributed by atoms with E-state index in [1.165, 1.54) is 25.0 Å². The second-order valence-corrected chi connectivity index (χ2v) is 5.76. The summed E-state index contributed by atoms with van der Waals surface area (Å²) in [7, 11) is 3.50. The van der Waals surface area contributed by atoms with E-state index in [1.54, 1.807) is 26.3 Å². The molecule has 6 heteroatoms. The highest BCUT2D eigenvalue weighted by Crippen LogP contribution is 2.15. The summed E-state index contributed by atoms with van der Waals surface area (Å²) in [5.41, 5.74) is 1.02. The van der Waals surface area contributed by atoms with Gasteiger partial charge in [0.25, 0.3) is 0 Å². The number of aliphatic imine (C=N–C) groups is 1. The molecule has 1 fully saturated rings. The molecule has 128 valence electrons. The van der Waals surface area contributed by atoms with Gasteiger partial charge in [0.15, 0.2) is 5.96 Å². The molecule has 1 atom stereocenters. The minimum Gasteiger partial charge on any atom is -0.383 e. The number of nitrogens with zero attached hydrogens (tertiary/aromatic N) is 2. The SMILES string of the molecule is CN=C(NCc1ccc(F)cc1)NCC1CCCN1CCOC. The van der Waals surface area contributed by atoms with Crippen molar-refractivity contribution < 1.29 is 9.13 Å². The normalized spacial score (nSPS) is 19.1. The lowest BCUT2D eigenvalue weighted by molar-refractivity contribution is 0.141. The lowest BCUT2D eigenvalue weighted by atomic mass is 10.2. The summed E-state index contributed by atoms with van der Waals surface area (Å²) in [6, 6.07) is 7.02. The van der Waals surface area contributed by atoms with Crippen LogP contribution in [0, 0.1) is 5.82 Å². The fourth-order valence-electron chi connectivity index (χ4n) is 2.85. The minimum absolute atomic E-state index is 0.214. The van der Waals surface area contributed by atoms with Gasteiger partial charge in [0.05, 0.1) is 6.61 Å². The molecule has 1 aliphatic rings. The predicted molar refractivity (Wildman–Crippen MR) is 91.1 cm³/mol. The molecule has 23 heavy (non-hydrogen) atoms. The Morgan fingerprint density at radius 2 is 2.13 bits per heavy atom. The third kappa shape index (κ3) is 5.80. The number of methoxy groups -OCH3 is 1. The van der Waals surface area contributed by atoms with Gasteiger partial charge in [0, 0.05) is 39.8 Å². The Balaban J connectivity index is 1.75. The van der Waals surface area contributed by atoms with Crippen molar-refractivity contribution in [3.8, 4) is 0 Å². The van der Waals surface area contributed by atoms with Crippen molar-refractivity contribution in [1.82, 2.24) is 15.5 Å². The van der Waals surface area contributed by atoms with E-state index >= 15 is 0 Å². The van der Waals surface area contributed by atoms with Crippen LogP contribution < -0.4 is 10.6 Å². The maximum Gasteiger partial charge on any atom is 0.191 e. The zero-order valence-corrected chi connectivity index (χ0v) is 14.0. The summed E-state index contributed by atoms with van der Waals surface area (Å²) in [5.74, 6) is 0.557. The number of hydrogen-bond acceptors (Lipinski definition) is 3. The van der Waals surface area contributed by atoms with Crippen molar-refractivity contribution in [2.45, 2.75) is 25.4 Å². The van der Waals surface area contributed by atoms with Gasteiger partial charge in [-0.1, -0.05) is 12.1 Å². The van der Waals surface area contributed by atoms with Crippen molar-refractivity contribution in [1.29, 1.82) is 0 Å². The molecule has 1 aromatic rings. The van der Waals surface area contributed by atoms with Crippen LogP contribution in [0.3, 0.4) is 0 Å². The fourth-order valence-corrected chi connectivity index (χ4v) is 2.85. The summed E-state index contributed by atoms with van der Waals surface area (Å²) in [5, 5.41) is 6.64. The lowest BCUT2D eigenvalue weighted by Gasteiger charge is -2.25. The van der Waals surface area contributed by atoms with Crippen LogP contribution in [0.15, 0.2) is 29.3 Å². The summed E-state index contributed by atoms with van der Waals surface area (Å²) in [4.78, 5) is 6.71. The Morgan fingerprint density at radius 3 is 2.83 bits per heavy atom. The molecule has 0 amide bonds. The van der Waals surface area contributed by atoms with Crippen molar-refractivity contribution >= 4 is 5.96 Å². The van der Waals surface area contributed by atoms with Gasteiger partial charge < -0.3 is 15.4 Å². The number of ether oxygens (including phenoxy) is 1. The molecule has 0 radical (unpaired) electrons. The highest BCUT2D eigenvalue weighted by atomic mass is 19.1. The standard InChI is InChI=1S/C17H27FN4O/c1-19-17(20-12-14-5-7-15(18)8-6-14)21-13-16-4-3-9-22(16)10-11-23-2/h5-8,16H,3-4,9-13H2,1-2H3,(H2,19,20,21). The Morgan fingerprint density at radius 1 is 1.35 bits per heavy atom. The first kappa shape index (κ1) is 17.7. The average molecular weight is 322 g/mol. The van der Waals surface area contributed by atoms with Gasteiger partial charge in [0.2, 0.25) is 0 Å². The third-order valence-corrected chi connectivity index (χ3v) is 4.18. The largest absolute Gasteiger partial charge is 0.383 e. The number of hydrogen-bond donors (Lipinski definition) is 2. The van der Waals surface area contributed by atoms with E-state index in [0.29, 0.717) is 12.6 Å². The monoisotopic (exact) mass is 322 g/mol. The summed E-state index contributed by atoms with van der Waals surface area (Å²) in [6.45, 7) is 4.38. The van der Waals surface area contributed by atoms with E-state index in [9.17, 15) is 4.39 Å². The number of likely N-dealkylation sites (tertiary alicyclic amines) is 1. The zero-order valence-electron chi connectivity index (χ0n) is 14.0. The molecule has 1 heterocycles. The second kappa shape index (κ2) is 9.47. The van der Waals surface area contributed by atoms with Gasteiger partial charge in [-0.25, -0.2) is 4.39 Å². The van der Waals surface area contributed by atoms with Crippen molar-refractivity contribution in [3.05, 3.63) is 35.6 Å². The van der Waals surface area contributed by atoms with Crippen LogP contribution in [0.1, 0.15) is 18.4 Å². The second-order valence-electron chi connectivity index (χ2n) is 5.76. The van der Waals surface area contributed by atoms with Gasteiger partial charge in [-0.15, -0.1) is 0 Å². The zero-order chi connectivity index (χ0) is 16.5. The molecular formula is C17H27FN4O. The number of benzene rings is 1. The number of nitrogens with one attached hydrogen (secondary N) is 2. The van der Waals surface area contributed by atoms with E-state index in [2.05, 4.69) is 20.5 Å². The number of halogens is 1. The summed E-state index contributed by atoms with van der Waals surface area (Å²) in [6.07, 6.45) is 2.43. The Kier molecular flexibility index (Phi) is 7.29. The molecular weight excluding hydrogens is 295 g/mol. The van der Waals surface area contributed by atoms with Crippen molar-refractivity contribution in [2.24, 2.45) is 4.99 Å². The first-order valence-electron chi connectivity index (χ1n) is 8.15. The van der Waals surface area contributed by atoms with Crippen LogP contribution in [0.2, 0.25) is 0 Å². The molecule has 2 N–H and O–H groups in total. The van der Waals surface area contributed by atoms with Gasteiger partial charge >= 0.3 is 0 Å². The Hall–Kier alpha value is -1.66. The molecule has 1 saturated heterocycles. The van der Waals surface area contributed by atoms with Crippen LogP contribution in [-0.2, 0) is 11.3 Å². The molecule has 2 rings (SSSR count). The maximum absolute atomic E-state index is 12.9. The third-order valence-electron chi connectivity index (χ3n) is 4.18. The van der Waals surface area contributed by atoms with Crippen molar-refractivity contribution in [2.75, 3.05) is 40.4 Å². The van der Waals surface area contributed by atoms with Crippen LogP contribution in [-0.4, -0.2) is 57.3 Å². The first-order chi connectivity index (χ1) is 11.2. The van der Waals surface area contributed by atoms with Gasteiger partial charge in [0.1, 0.15) is 5.82 Å². The quantitative estimate of drug-likeness (QED) is 0.591. The average Bonchev–Trinajstić information content (AvgIpc) is 3.02. The summed E-state index contributed by atoms with van der Waals surface area (Å²) >= 11 is 0. The van der Waals surface area contributed by atoms with E-state index in [-0.39, 0.29) is 5.82 Å². The first-order valence-corrected chi connectivity index (χ1v) is 8.15. The highest BCUT2D eigenvalue weighted by molar-refractivity contribution is 5.79. The molecule has 0 saturated carbocycles. The molecule has 0 bridgehead atoms. The molecule has 0 spiro atoms. The summed E-state index contributed by atoms with van der Waals surface area (Å²) < 4.78 is 18.1. The molecule has 0 aliphatic carbocycles. The molecule has 1 aliphatic heterocycles. The molecule has 1 unspecified atom stereocenters. The van der Waals surface area contributed by atoms with Gasteiger partial charge in [-0.3, -0.25) is 9.89 Å². The smallest absolute Gasteiger partial charge is 0.191 e. The molecule has 0 aromatic heterocycles. The predicted octanol–water partition coefficient (Wildman–Crippen LogP) is 1.60. The number of guanidine groups is 1. The molecule has 5 nitrogen and oxygen atoms in total. The maximum atomic E-state index is 12.9. The fraction of sp³-hybridized carbons (Fsp3) is 0.588. The Labute approximate surface area is 137 Å². The van der Waals surface area contributed by atoms with Crippen LogP contribution in [0.25, 0.3) is 0 Å². The van der Waals surface area contributed by atoms with Crippen LogP contribution in [0.5, 0.6) is 0 Å². The topological polar surface area (TPSA) is 48.9 Å². The van der Waals surface area contributed by atoms with Crippen molar-refractivity contribution in [3.63, 3.8) is 0 Å². The highest BCUT2D eigenvalue weighted by Gasteiger charge is 2.23. The Bertz CT molecular complexity index is 492. The van der Waals surface area contributed by atoms with E-state index in [1.807, 2.05) is 0 Å². The van der Waals surface area contributed by atoms with E-state index in [4.69, 9.17) is 4.74 Å². The lowest BCUT2D eigenvalue weighted by Crippen LogP contribution is -2.45. The molecule has 1 aromatic carbocycles. The van der Waals surface area contributed by atoms with Crippen LogP contribution in [0.4, 0.5) is 4.39 Å². The minimum atomic E-state index is -0.214.